The highest BCUT2D eigenvalue weighted by molar-refractivity contribution is 6.30. The lowest BCUT2D eigenvalue weighted by Gasteiger charge is -2.06. The molecule has 0 unspecified atom stereocenters. The molecule has 2 heterocycles. The SMILES string of the molecule is Cc1cc(NC(=O)NCc2ccc(-c3ccc(Cl)cc3)o2)n(C)n1. The topological polar surface area (TPSA) is 72.1 Å². The average molecular weight is 345 g/mol. The number of nitrogens with one attached hydrogen (secondary N) is 2. The molecule has 0 atom stereocenters. The van der Waals surface area contributed by atoms with Gasteiger partial charge in [0.1, 0.15) is 17.3 Å². The first-order chi connectivity index (χ1) is 11.5. The van der Waals surface area contributed by atoms with Gasteiger partial charge in [-0.05, 0) is 43.3 Å². The van der Waals surface area contributed by atoms with Crippen LogP contribution in [0.25, 0.3) is 11.3 Å². The van der Waals surface area contributed by atoms with Crippen molar-refractivity contribution in [1.29, 1.82) is 0 Å². The van der Waals surface area contributed by atoms with Gasteiger partial charge >= 0.3 is 6.03 Å². The molecule has 0 aliphatic carbocycles. The Morgan fingerprint density at radius 3 is 2.67 bits per heavy atom. The highest BCUT2D eigenvalue weighted by Gasteiger charge is 2.09. The number of furan rings is 1. The maximum Gasteiger partial charge on any atom is 0.320 e. The van der Waals surface area contributed by atoms with E-state index in [4.69, 9.17) is 16.0 Å². The van der Waals surface area contributed by atoms with Crippen LogP contribution in [0.15, 0.2) is 46.9 Å². The van der Waals surface area contributed by atoms with Crippen LogP contribution in [0, 0.1) is 6.92 Å². The lowest BCUT2D eigenvalue weighted by atomic mass is 10.2. The van der Waals surface area contributed by atoms with Gasteiger partial charge in [0, 0.05) is 23.7 Å². The Labute approximate surface area is 144 Å². The van der Waals surface area contributed by atoms with Gasteiger partial charge in [-0.3, -0.25) is 10.00 Å². The van der Waals surface area contributed by atoms with Crippen LogP contribution in [0.5, 0.6) is 0 Å². The van der Waals surface area contributed by atoms with Crippen LogP contribution in [-0.2, 0) is 13.6 Å². The normalized spacial score (nSPS) is 10.6. The van der Waals surface area contributed by atoms with E-state index in [9.17, 15) is 4.79 Å². The Morgan fingerprint density at radius 2 is 2.00 bits per heavy atom. The third kappa shape index (κ3) is 3.78. The third-order valence-corrected chi connectivity index (χ3v) is 3.71. The Hall–Kier alpha value is -2.73. The maximum atomic E-state index is 11.9. The van der Waals surface area contributed by atoms with Crippen molar-refractivity contribution in [2.75, 3.05) is 5.32 Å². The summed E-state index contributed by atoms with van der Waals surface area (Å²) in [6.45, 7) is 2.15. The van der Waals surface area contributed by atoms with E-state index >= 15 is 0 Å². The van der Waals surface area contributed by atoms with E-state index in [0.717, 1.165) is 17.0 Å². The molecule has 124 valence electrons. The Balaban J connectivity index is 1.58. The van der Waals surface area contributed by atoms with Crippen LogP contribution < -0.4 is 10.6 Å². The van der Waals surface area contributed by atoms with Gasteiger partial charge in [0.2, 0.25) is 0 Å². The van der Waals surface area contributed by atoms with E-state index < -0.39 is 0 Å². The van der Waals surface area contributed by atoms with Crippen LogP contribution >= 0.6 is 11.6 Å². The fraction of sp³-hybridized carbons (Fsp3) is 0.176. The van der Waals surface area contributed by atoms with Crippen molar-refractivity contribution in [3.63, 3.8) is 0 Å². The van der Waals surface area contributed by atoms with Gasteiger partial charge in [-0.1, -0.05) is 11.6 Å². The molecule has 3 rings (SSSR count). The number of hydrogen-bond donors (Lipinski definition) is 2. The molecule has 0 aliphatic heterocycles. The monoisotopic (exact) mass is 344 g/mol. The molecule has 6 nitrogen and oxygen atoms in total. The van der Waals surface area contributed by atoms with Crippen molar-refractivity contribution in [2.45, 2.75) is 13.5 Å². The molecule has 2 N–H and O–H groups in total. The number of nitrogens with zero attached hydrogens (tertiary/aromatic N) is 2. The Morgan fingerprint density at radius 1 is 1.25 bits per heavy atom. The lowest BCUT2D eigenvalue weighted by molar-refractivity contribution is 0.250. The quantitative estimate of drug-likeness (QED) is 0.752. The third-order valence-electron chi connectivity index (χ3n) is 3.46. The number of amides is 2. The van der Waals surface area contributed by atoms with Gasteiger partial charge in [0.05, 0.1) is 12.2 Å². The largest absolute Gasteiger partial charge is 0.459 e. The first-order valence-corrected chi connectivity index (χ1v) is 7.79. The fourth-order valence-corrected chi connectivity index (χ4v) is 2.42. The minimum atomic E-state index is -0.317. The summed E-state index contributed by atoms with van der Waals surface area (Å²) in [7, 11) is 1.77. The molecule has 0 aliphatic rings. The highest BCUT2D eigenvalue weighted by Crippen LogP contribution is 2.23. The molecular weight excluding hydrogens is 328 g/mol. The van der Waals surface area contributed by atoms with Crippen LogP contribution in [0.4, 0.5) is 10.6 Å². The van der Waals surface area contributed by atoms with E-state index in [1.165, 1.54) is 0 Å². The smallest absolute Gasteiger partial charge is 0.320 e. The molecular formula is C17H17ClN4O2. The molecule has 7 heteroatoms. The second-order valence-corrected chi connectivity index (χ2v) is 5.81. The number of halogens is 1. The second-order valence-electron chi connectivity index (χ2n) is 5.38. The molecule has 0 saturated heterocycles. The summed E-state index contributed by atoms with van der Waals surface area (Å²) in [5, 5.41) is 10.3. The van der Waals surface area contributed by atoms with Crippen molar-refractivity contribution in [3.8, 4) is 11.3 Å². The first kappa shape index (κ1) is 16.1. The minimum absolute atomic E-state index is 0.288. The molecule has 2 amide bonds. The number of carbonyl (C=O) groups is 1. The van der Waals surface area contributed by atoms with E-state index in [2.05, 4.69) is 15.7 Å². The molecule has 1 aromatic carbocycles. The van der Waals surface area contributed by atoms with Gasteiger partial charge in [0.15, 0.2) is 0 Å². The fourth-order valence-electron chi connectivity index (χ4n) is 2.30. The molecule has 0 radical (unpaired) electrons. The molecule has 0 fully saturated rings. The Kier molecular flexibility index (Phi) is 4.57. The summed E-state index contributed by atoms with van der Waals surface area (Å²) in [4.78, 5) is 11.9. The predicted molar refractivity (Wildman–Crippen MR) is 93.0 cm³/mol. The average Bonchev–Trinajstić information content (AvgIpc) is 3.13. The highest BCUT2D eigenvalue weighted by atomic mass is 35.5. The number of aryl methyl sites for hydroxylation is 2. The summed E-state index contributed by atoms with van der Waals surface area (Å²) < 4.78 is 7.35. The van der Waals surface area contributed by atoms with E-state index in [1.807, 2.05) is 31.2 Å². The molecule has 24 heavy (non-hydrogen) atoms. The van der Waals surface area contributed by atoms with Crippen LogP contribution in [0.3, 0.4) is 0 Å². The zero-order valence-corrected chi connectivity index (χ0v) is 14.1. The van der Waals surface area contributed by atoms with Gasteiger partial charge in [-0.2, -0.15) is 5.10 Å². The van der Waals surface area contributed by atoms with Crippen molar-refractivity contribution in [3.05, 3.63) is 58.9 Å². The summed E-state index contributed by atoms with van der Waals surface area (Å²) in [6, 6.07) is 12.6. The number of benzene rings is 1. The van der Waals surface area contributed by atoms with E-state index in [0.29, 0.717) is 16.6 Å². The molecule has 3 aromatic rings. The zero-order chi connectivity index (χ0) is 17.1. The summed E-state index contributed by atoms with van der Waals surface area (Å²) >= 11 is 5.88. The summed E-state index contributed by atoms with van der Waals surface area (Å²) in [6.07, 6.45) is 0. The second kappa shape index (κ2) is 6.80. The van der Waals surface area contributed by atoms with Crippen molar-refractivity contribution >= 4 is 23.4 Å². The Bertz CT molecular complexity index is 852. The number of hydrogen-bond acceptors (Lipinski definition) is 3. The van der Waals surface area contributed by atoms with Gasteiger partial charge < -0.3 is 9.73 Å². The number of aromatic nitrogens is 2. The van der Waals surface area contributed by atoms with E-state index in [-0.39, 0.29) is 12.6 Å². The van der Waals surface area contributed by atoms with E-state index in [1.54, 1.807) is 29.9 Å². The van der Waals surface area contributed by atoms with Crippen LogP contribution in [0.1, 0.15) is 11.5 Å². The van der Waals surface area contributed by atoms with Crippen molar-refractivity contribution in [2.24, 2.45) is 7.05 Å². The van der Waals surface area contributed by atoms with Crippen LogP contribution in [0.2, 0.25) is 5.02 Å². The van der Waals surface area contributed by atoms with Gasteiger partial charge in [0.25, 0.3) is 0 Å². The first-order valence-electron chi connectivity index (χ1n) is 7.41. The molecule has 0 bridgehead atoms. The molecule has 2 aromatic heterocycles. The maximum absolute atomic E-state index is 11.9. The lowest BCUT2D eigenvalue weighted by Crippen LogP contribution is -2.28. The van der Waals surface area contributed by atoms with Crippen molar-refractivity contribution in [1.82, 2.24) is 15.1 Å². The van der Waals surface area contributed by atoms with Gasteiger partial charge in [-0.15, -0.1) is 0 Å². The molecule has 0 saturated carbocycles. The number of anilines is 1. The van der Waals surface area contributed by atoms with Crippen molar-refractivity contribution < 1.29 is 9.21 Å². The van der Waals surface area contributed by atoms with Crippen LogP contribution in [-0.4, -0.2) is 15.8 Å². The number of carbonyl (C=O) groups excluding carboxylic acids is 1. The minimum Gasteiger partial charge on any atom is -0.459 e. The predicted octanol–water partition coefficient (Wildman–Crippen LogP) is 3.96. The standard InChI is InChI=1S/C17H17ClN4O2/c1-11-9-16(22(2)21-11)20-17(23)19-10-14-7-8-15(24-14)12-3-5-13(18)6-4-12/h3-9H,10H2,1-2H3,(H2,19,20,23). The number of urea groups is 1. The summed E-state index contributed by atoms with van der Waals surface area (Å²) in [5.74, 6) is 2.02. The molecule has 0 spiro atoms. The number of rotatable bonds is 4. The van der Waals surface area contributed by atoms with Gasteiger partial charge in [-0.25, -0.2) is 4.79 Å². The zero-order valence-electron chi connectivity index (χ0n) is 13.3. The summed E-state index contributed by atoms with van der Waals surface area (Å²) in [5.41, 5.74) is 1.77.